The molecule has 4 aliphatic heterocycles. The Morgan fingerprint density at radius 1 is 0.897 bits per heavy atom. The molecule has 5 fully saturated rings. The van der Waals surface area contributed by atoms with Crippen molar-refractivity contribution in [2.45, 2.75) is 107 Å². The quantitative estimate of drug-likeness (QED) is 0.218. The highest BCUT2D eigenvalue weighted by Crippen LogP contribution is 2.52. The summed E-state index contributed by atoms with van der Waals surface area (Å²) in [5.41, 5.74) is 5.21. The first-order valence-electron chi connectivity index (χ1n) is 21.4. The third kappa shape index (κ3) is 6.17. The van der Waals surface area contributed by atoms with Crippen LogP contribution >= 0.6 is 11.6 Å². The van der Waals surface area contributed by atoms with Gasteiger partial charge >= 0.3 is 0 Å². The van der Waals surface area contributed by atoms with E-state index in [1.54, 1.807) is 18.2 Å². The van der Waals surface area contributed by atoms with E-state index in [0.717, 1.165) is 81.5 Å². The van der Waals surface area contributed by atoms with E-state index in [-0.39, 0.29) is 52.9 Å². The zero-order chi connectivity index (χ0) is 39.9. The van der Waals surface area contributed by atoms with Crippen molar-refractivity contribution in [3.63, 3.8) is 0 Å². The number of benzene rings is 3. The van der Waals surface area contributed by atoms with Gasteiger partial charge in [0, 0.05) is 44.1 Å². The highest BCUT2D eigenvalue weighted by Gasteiger charge is 2.47. The number of hydrogen-bond acceptors (Lipinski definition) is 7. The molecule has 0 bridgehead atoms. The van der Waals surface area contributed by atoms with Crippen molar-refractivity contribution in [2.75, 3.05) is 37.6 Å². The number of hydrogen-bond donors (Lipinski definition) is 1. The summed E-state index contributed by atoms with van der Waals surface area (Å²) in [7, 11) is 0. The van der Waals surface area contributed by atoms with E-state index in [0.29, 0.717) is 59.7 Å². The molecule has 1 aromatic heterocycles. The number of carbonyl (C=O) groups excluding carboxylic acids is 3. The molecule has 2 aliphatic carbocycles. The van der Waals surface area contributed by atoms with Gasteiger partial charge in [0.05, 0.1) is 38.6 Å². The fourth-order valence-electron chi connectivity index (χ4n) is 11.4. The summed E-state index contributed by atoms with van der Waals surface area (Å²) in [6, 6.07) is 18.1. The minimum atomic E-state index is -0.529. The van der Waals surface area contributed by atoms with Crippen LogP contribution in [0.25, 0.3) is 16.6 Å². The average Bonchev–Trinajstić information content (AvgIpc) is 3.45. The van der Waals surface area contributed by atoms with Gasteiger partial charge in [-0.15, -0.1) is 0 Å². The van der Waals surface area contributed by atoms with Crippen LogP contribution in [0, 0.1) is 11.7 Å². The highest BCUT2D eigenvalue weighted by atomic mass is 35.5. The Morgan fingerprint density at radius 3 is 2.41 bits per heavy atom. The number of anilines is 1. The second kappa shape index (κ2) is 14.6. The van der Waals surface area contributed by atoms with Crippen molar-refractivity contribution < 1.29 is 18.8 Å². The predicted molar refractivity (Wildman–Crippen MR) is 221 cm³/mol. The Balaban J connectivity index is 0.763. The molecule has 1 unspecified atom stereocenters. The first-order valence-corrected chi connectivity index (χ1v) is 21.8. The smallest absolute Gasteiger partial charge is 0.282 e. The summed E-state index contributed by atoms with van der Waals surface area (Å²) < 4.78 is 17.7. The van der Waals surface area contributed by atoms with Gasteiger partial charge in [0.15, 0.2) is 0 Å². The van der Waals surface area contributed by atoms with Crippen molar-refractivity contribution in [1.82, 2.24) is 24.7 Å². The standard InChI is InChI=1S/C46H50ClFN6O4/c1-27-26-52(20-21-53(27)37-12-9-30(24-36(37)48)33-10-13-40(55)49-42(33)56)44(58)31-22-32(23-31)51-18-14-28(15-19-51)29-8-11-34-39(25-29)54-38-7-5-6-35(47)41(38)43(57)50-45(54)46(34)16-3-2-4-17-46/h5-9,11-12,24-25,27-28,31-33H,2-4,10,13-23,26H2,1H3,(H,49,55,56)/t27-,31?,32?,33?/m0/s1. The maximum Gasteiger partial charge on any atom is 0.282 e. The van der Waals surface area contributed by atoms with E-state index in [4.69, 9.17) is 16.6 Å². The lowest BCUT2D eigenvalue weighted by atomic mass is 9.69. The number of carbonyl (C=O) groups is 3. The maximum atomic E-state index is 15.5. The van der Waals surface area contributed by atoms with Crippen LogP contribution in [0.1, 0.15) is 112 Å². The summed E-state index contributed by atoms with van der Waals surface area (Å²) >= 11 is 6.60. The summed E-state index contributed by atoms with van der Waals surface area (Å²) in [5, 5.41) is 3.29. The number of nitrogens with one attached hydrogen (secondary N) is 1. The van der Waals surface area contributed by atoms with Gasteiger partial charge < -0.3 is 14.7 Å². The average molecular weight is 805 g/mol. The monoisotopic (exact) mass is 804 g/mol. The van der Waals surface area contributed by atoms with Gasteiger partial charge in [-0.3, -0.25) is 29.1 Å². The van der Waals surface area contributed by atoms with Crippen LogP contribution in [0.5, 0.6) is 0 Å². The fourth-order valence-corrected chi connectivity index (χ4v) is 11.6. The first kappa shape index (κ1) is 37.6. The number of rotatable bonds is 5. The van der Waals surface area contributed by atoms with E-state index in [2.05, 4.69) is 33.0 Å². The third-order valence-corrected chi connectivity index (χ3v) is 14.9. The fraction of sp³-hybridized carbons (Fsp3) is 0.500. The Bertz CT molecular complexity index is 2400. The van der Waals surface area contributed by atoms with E-state index in [1.165, 1.54) is 23.6 Å². The van der Waals surface area contributed by atoms with Crippen molar-refractivity contribution in [2.24, 2.45) is 5.92 Å². The number of halogens is 2. The molecule has 1 N–H and O–H groups in total. The van der Waals surface area contributed by atoms with Gasteiger partial charge in [-0.1, -0.05) is 55.1 Å². The zero-order valence-corrected chi connectivity index (χ0v) is 33.8. The zero-order valence-electron chi connectivity index (χ0n) is 33.0. The molecule has 3 amide bonds. The topological polar surface area (TPSA) is 108 Å². The van der Waals surface area contributed by atoms with Gasteiger partial charge in [-0.2, -0.15) is 4.98 Å². The molecular formula is C46H50ClFN6O4. The van der Waals surface area contributed by atoms with Crippen molar-refractivity contribution >= 4 is 45.9 Å². The molecule has 10 rings (SSSR count). The number of piperidine rings is 2. The third-order valence-electron chi connectivity index (χ3n) is 14.6. The maximum absolute atomic E-state index is 15.5. The van der Waals surface area contributed by atoms with Crippen LogP contribution in [0.15, 0.2) is 59.4 Å². The molecule has 302 valence electrons. The SMILES string of the molecule is C[C@H]1CN(C(=O)C2CC(N3CCC(c4ccc5c(c4)-n4c(nc(=O)c6c(Cl)cccc64)C54CCCCC4)CC3)C2)CCN1c1ccc(C2CCC(=O)NC2=O)cc1F. The summed E-state index contributed by atoms with van der Waals surface area (Å²) in [4.78, 5) is 62.4. The van der Waals surface area contributed by atoms with Crippen LogP contribution < -0.4 is 15.8 Å². The molecule has 3 aromatic carbocycles. The second-order valence-electron chi connectivity index (χ2n) is 17.8. The van der Waals surface area contributed by atoms with Crippen LogP contribution in [-0.2, 0) is 19.8 Å². The lowest BCUT2D eigenvalue weighted by Gasteiger charge is -2.48. The number of imide groups is 1. The van der Waals surface area contributed by atoms with Gasteiger partial charge in [-0.25, -0.2) is 4.39 Å². The van der Waals surface area contributed by atoms with Crippen molar-refractivity contribution in [1.29, 1.82) is 0 Å². The highest BCUT2D eigenvalue weighted by molar-refractivity contribution is 6.35. The van der Waals surface area contributed by atoms with Crippen LogP contribution in [0.2, 0.25) is 5.02 Å². The molecular weight excluding hydrogens is 755 g/mol. The van der Waals surface area contributed by atoms with Gasteiger partial charge in [0.2, 0.25) is 17.7 Å². The minimum absolute atomic E-state index is 0.0264. The summed E-state index contributed by atoms with van der Waals surface area (Å²) in [6.07, 6.45) is 9.97. The molecule has 12 heteroatoms. The van der Waals surface area contributed by atoms with Crippen LogP contribution in [0.3, 0.4) is 0 Å². The predicted octanol–water partition coefficient (Wildman–Crippen LogP) is 6.96. The van der Waals surface area contributed by atoms with Crippen molar-refractivity contribution in [3.05, 3.63) is 98.3 Å². The Morgan fingerprint density at radius 2 is 1.67 bits per heavy atom. The number of fused-ring (bicyclic) bond motifs is 7. The summed E-state index contributed by atoms with van der Waals surface area (Å²) in [5.74, 6) is -0.0237. The lowest BCUT2D eigenvalue weighted by Crippen LogP contribution is -2.58. The lowest BCUT2D eigenvalue weighted by molar-refractivity contribution is -0.141. The second-order valence-corrected chi connectivity index (χ2v) is 18.2. The van der Waals surface area contributed by atoms with E-state index < -0.39 is 5.92 Å². The van der Waals surface area contributed by atoms with Gasteiger partial charge in [0.1, 0.15) is 11.6 Å². The minimum Gasteiger partial charge on any atom is -0.363 e. The molecule has 5 heterocycles. The molecule has 0 radical (unpaired) electrons. The van der Waals surface area contributed by atoms with E-state index >= 15 is 4.39 Å². The number of likely N-dealkylation sites (tertiary alicyclic amines) is 1. The van der Waals surface area contributed by atoms with Crippen LogP contribution in [-0.4, -0.2) is 81.9 Å². The molecule has 6 aliphatic rings. The van der Waals surface area contributed by atoms with Crippen LogP contribution in [0.4, 0.5) is 10.1 Å². The largest absolute Gasteiger partial charge is 0.363 e. The Labute approximate surface area is 342 Å². The van der Waals surface area contributed by atoms with Gasteiger partial charge in [0.25, 0.3) is 5.56 Å². The number of aromatic nitrogens is 2. The molecule has 2 saturated carbocycles. The molecule has 1 spiro atoms. The molecule has 4 aromatic rings. The molecule has 3 saturated heterocycles. The Kier molecular flexibility index (Phi) is 9.47. The number of piperazine rings is 1. The van der Waals surface area contributed by atoms with E-state index in [1.807, 2.05) is 28.9 Å². The first-order chi connectivity index (χ1) is 28.1. The molecule has 10 nitrogen and oxygen atoms in total. The van der Waals surface area contributed by atoms with E-state index in [9.17, 15) is 19.2 Å². The Hall–Kier alpha value is -4.61. The number of nitrogens with zero attached hydrogens (tertiary/aromatic N) is 5. The van der Waals surface area contributed by atoms with Crippen molar-refractivity contribution in [3.8, 4) is 5.69 Å². The van der Waals surface area contributed by atoms with Gasteiger partial charge in [-0.05, 0) is 118 Å². The molecule has 58 heavy (non-hydrogen) atoms. The molecule has 2 atom stereocenters. The number of amides is 3. The normalized spacial score (nSPS) is 26.1. The summed E-state index contributed by atoms with van der Waals surface area (Å²) in [6.45, 7) is 5.67.